The number of nitrogens with zero attached hydrogens (tertiary/aromatic N) is 1. The zero-order valence-electron chi connectivity index (χ0n) is 12.3. The molecule has 0 spiro atoms. The summed E-state index contributed by atoms with van der Waals surface area (Å²) < 4.78 is 4.92. The second-order valence-electron chi connectivity index (χ2n) is 5.63. The van der Waals surface area contributed by atoms with Crippen LogP contribution in [0.4, 0.5) is 0 Å². The molecule has 0 aliphatic carbocycles. The summed E-state index contributed by atoms with van der Waals surface area (Å²) in [5.74, 6) is -0.409. The molecule has 0 unspecified atom stereocenters. The molecule has 1 saturated heterocycles. The highest BCUT2D eigenvalue weighted by atomic mass is 35.5. The van der Waals surface area contributed by atoms with E-state index in [0.717, 1.165) is 5.56 Å². The number of aliphatic hydroxyl groups excluding tert-OH is 1. The largest absolute Gasteiger partial charge is 0.468 e. The molecule has 0 radical (unpaired) electrons. The van der Waals surface area contributed by atoms with Gasteiger partial charge in [-0.25, -0.2) is 0 Å². The lowest BCUT2D eigenvalue weighted by atomic mass is 9.91. The summed E-state index contributed by atoms with van der Waals surface area (Å²) in [7, 11) is 3.22. The van der Waals surface area contributed by atoms with Crippen molar-refractivity contribution in [2.45, 2.75) is 24.9 Å². The first-order valence-corrected chi connectivity index (χ1v) is 7.48. The minimum Gasteiger partial charge on any atom is -0.468 e. The third-order valence-electron chi connectivity index (χ3n) is 4.44. The van der Waals surface area contributed by atoms with Crippen LogP contribution < -0.4 is 0 Å². The Kier molecular flexibility index (Phi) is 4.83. The molecule has 116 valence electrons. The molecule has 1 aromatic carbocycles. The first-order valence-electron chi connectivity index (χ1n) is 6.72. The Morgan fingerprint density at radius 2 is 2.19 bits per heavy atom. The highest BCUT2D eigenvalue weighted by Crippen LogP contribution is 2.47. The van der Waals surface area contributed by atoms with E-state index in [1.54, 1.807) is 12.1 Å². The van der Waals surface area contributed by atoms with E-state index in [1.807, 2.05) is 24.9 Å². The molecule has 6 heteroatoms. The van der Waals surface area contributed by atoms with E-state index in [1.165, 1.54) is 7.11 Å². The number of ether oxygens (including phenoxy) is 1. The fourth-order valence-electron chi connectivity index (χ4n) is 3.20. The highest BCUT2D eigenvalue weighted by Gasteiger charge is 2.52. The normalized spacial score (nSPS) is 29.6. The van der Waals surface area contributed by atoms with Crippen molar-refractivity contribution in [2.75, 3.05) is 20.8 Å². The molecule has 1 N–H and O–H groups in total. The summed E-state index contributed by atoms with van der Waals surface area (Å²) in [6.07, 6.45) is 0.510. The summed E-state index contributed by atoms with van der Waals surface area (Å²) >= 11 is 12.2. The molecule has 0 saturated carbocycles. The van der Waals surface area contributed by atoms with Crippen LogP contribution in [0.15, 0.2) is 18.2 Å². The quantitative estimate of drug-likeness (QED) is 0.865. The van der Waals surface area contributed by atoms with Gasteiger partial charge >= 0.3 is 5.97 Å². The van der Waals surface area contributed by atoms with Gasteiger partial charge < -0.3 is 9.84 Å². The van der Waals surface area contributed by atoms with Gasteiger partial charge in [0, 0.05) is 28.6 Å². The SMILES string of the molecule is COC(=O)[C@@]1(C)C[C@@H](CO)[C@H](c2ccc(Cl)cc2Cl)N1C. The fourth-order valence-corrected chi connectivity index (χ4v) is 3.73. The van der Waals surface area contributed by atoms with E-state index in [0.29, 0.717) is 16.5 Å². The highest BCUT2D eigenvalue weighted by molar-refractivity contribution is 6.35. The van der Waals surface area contributed by atoms with Crippen LogP contribution in [-0.4, -0.2) is 42.3 Å². The molecule has 1 aliphatic rings. The van der Waals surface area contributed by atoms with E-state index in [9.17, 15) is 9.90 Å². The maximum absolute atomic E-state index is 12.1. The third kappa shape index (κ3) is 2.78. The van der Waals surface area contributed by atoms with Crippen LogP contribution in [0.2, 0.25) is 10.0 Å². The number of aliphatic hydroxyl groups is 1. The fraction of sp³-hybridized carbons (Fsp3) is 0.533. The summed E-state index contributed by atoms with van der Waals surface area (Å²) in [6, 6.07) is 5.12. The standard InChI is InChI=1S/C15H19Cl2NO3/c1-15(14(20)21-3)7-9(8-19)13(18(15)2)11-5-4-10(16)6-12(11)17/h4-6,9,13,19H,7-8H2,1-3H3/t9-,13+,15+/m0/s1. The van der Waals surface area contributed by atoms with Crippen LogP contribution in [0.25, 0.3) is 0 Å². The minimum absolute atomic E-state index is 0.0272. The molecule has 1 fully saturated rings. The first-order chi connectivity index (χ1) is 9.85. The predicted octanol–water partition coefficient (Wildman–Crippen LogP) is 2.91. The van der Waals surface area contributed by atoms with Gasteiger partial charge in [0.25, 0.3) is 0 Å². The zero-order chi connectivity index (χ0) is 15.8. The van der Waals surface area contributed by atoms with Gasteiger partial charge in [-0.05, 0) is 38.1 Å². The lowest BCUT2D eigenvalue weighted by Gasteiger charge is -2.33. The Morgan fingerprint density at radius 1 is 1.52 bits per heavy atom. The van der Waals surface area contributed by atoms with Crippen molar-refractivity contribution in [1.29, 1.82) is 0 Å². The van der Waals surface area contributed by atoms with Crippen molar-refractivity contribution in [1.82, 2.24) is 4.90 Å². The van der Waals surface area contributed by atoms with E-state index in [4.69, 9.17) is 27.9 Å². The molecule has 21 heavy (non-hydrogen) atoms. The summed E-state index contributed by atoms with van der Waals surface area (Å²) in [5, 5.41) is 10.8. The molecular weight excluding hydrogens is 313 g/mol. The van der Waals surface area contributed by atoms with Crippen molar-refractivity contribution in [3.05, 3.63) is 33.8 Å². The van der Waals surface area contributed by atoms with Gasteiger partial charge in [0.05, 0.1) is 7.11 Å². The van der Waals surface area contributed by atoms with Crippen LogP contribution in [0.1, 0.15) is 24.9 Å². The van der Waals surface area contributed by atoms with E-state index in [-0.39, 0.29) is 24.5 Å². The van der Waals surface area contributed by atoms with Gasteiger partial charge in [0.1, 0.15) is 5.54 Å². The predicted molar refractivity (Wildman–Crippen MR) is 82.6 cm³/mol. The first kappa shape index (κ1) is 16.6. The van der Waals surface area contributed by atoms with Crippen molar-refractivity contribution in [3.63, 3.8) is 0 Å². The molecule has 1 heterocycles. The number of carbonyl (C=O) groups is 1. The van der Waals surface area contributed by atoms with Crippen molar-refractivity contribution in [3.8, 4) is 0 Å². The Balaban J connectivity index is 2.44. The number of halogens is 2. The topological polar surface area (TPSA) is 49.8 Å². The Morgan fingerprint density at radius 3 is 2.71 bits per heavy atom. The second kappa shape index (κ2) is 6.13. The summed E-state index contributed by atoms with van der Waals surface area (Å²) in [4.78, 5) is 14.0. The molecular formula is C15H19Cl2NO3. The van der Waals surface area contributed by atoms with Gasteiger partial charge in [-0.3, -0.25) is 9.69 Å². The number of hydrogen-bond donors (Lipinski definition) is 1. The van der Waals surface area contributed by atoms with Gasteiger partial charge in [-0.15, -0.1) is 0 Å². The maximum Gasteiger partial charge on any atom is 0.326 e. The van der Waals surface area contributed by atoms with Crippen molar-refractivity contribution >= 4 is 29.2 Å². The molecule has 1 aliphatic heterocycles. The number of esters is 1. The Hall–Kier alpha value is -0.810. The van der Waals surface area contributed by atoms with E-state index < -0.39 is 5.54 Å². The molecule has 4 nitrogen and oxygen atoms in total. The number of carbonyl (C=O) groups excluding carboxylic acids is 1. The van der Waals surface area contributed by atoms with Crippen LogP contribution in [0.3, 0.4) is 0 Å². The van der Waals surface area contributed by atoms with Gasteiger partial charge in [-0.1, -0.05) is 29.3 Å². The zero-order valence-corrected chi connectivity index (χ0v) is 13.8. The average Bonchev–Trinajstić information content (AvgIpc) is 2.71. The van der Waals surface area contributed by atoms with Crippen LogP contribution >= 0.6 is 23.2 Å². The number of likely N-dealkylation sites (tertiary alicyclic amines) is 1. The van der Waals surface area contributed by atoms with Gasteiger partial charge in [0.2, 0.25) is 0 Å². The smallest absolute Gasteiger partial charge is 0.326 e. The number of benzene rings is 1. The maximum atomic E-state index is 12.1. The molecule has 0 amide bonds. The van der Waals surface area contributed by atoms with Crippen LogP contribution in [0.5, 0.6) is 0 Å². The lowest BCUT2D eigenvalue weighted by Crippen LogP contribution is -2.47. The van der Waals surface area contributed by atoms with E-state index >= 15 is 0 Å². The Bertz CT molecular complexity index is 552. The summed E-state index contributed by atoms with van der Waals surface area (Å²) in [6.45, 7) is 1.80. The number of likely N-dealkylation sites (N-methyl/N-ethyl adjacent to an activating group) is 1. The molecule has 0 bridgehead atoms. The van der Waals surface area contributed by atoms with E-state index in [2.05, 4.69) is 0 Å². The number of methoxy groups -OCH3 is 1. The van der Waals surface area contributed by atoms with Crippen molar-refractivity contribution in [2.24, 2.45) is 5.92 Å². The summed E-state index contributed by atoms with van der Waals surface area (Å²) in [5.41, 5.74) is 0.0747. The van der Waals surface area contributed by atoms with Crippen LogP contribution in [-0.2, 0) is 9.53 Å². The van der Waals surface area contributed by atoms with Crippen molar-refractivity contribution < 1.29 is 14.6 Å². The Labute approximate surface area is 134 Å². The molecule has 1 aromatic rings. The average molecular weight is 332 g/mol. The lowest BCUT2D eigenvalue weighted by molar-refractivity contribution is -0.152. The van der Waals surface area contributed by atoms with Crippen LogP contribution in [0, 0.1) is 5.92 Å². The monoisotopic (exact) mass is 331 g/mol. The third-order valence-corrected chi connectivity index (χ3v) is 5.01. The molecule has 3 atom stereocenters. The second-order valence-corrected chi connectivity index (χ2v) is 6.48. The molecule has 2 rings (SSSR count). The minimum atomic E-state index is -0.782. The molecule has 0 aromatic heterocycles. The number of hydrogen-bond acceptors (Lipinski definition) is 4. The van der Waals surface area contributed by atoms with Gasteiger partial charge in [-0.2, -0.15) is 0 Å². The number of rotatable bonds is 3. The van der Waals surface area contributed by atoms with Gasteiger partial charge in [0.15, 0.2) is 0 Å².